The van der Waals surface area contributed by atoms with Gasteiger partial charge < -0.3 is 29.3 Å². The number of benzene rings is 1. The van der Waals surface area contributed by atoms with Crippen LogP contribution in [0.4, 0.5) is 15.3 Å². The van der Waals surface area contributed by atoms with Gasteiger partial charge in [0.1, 0.15) is 18.4 Å². The van der Waals surface area contributed by atoms with E-state index in [0.29, 0.717) is 18.0 Å². The van der Waals surface area contributed by atoms with E-state index in [2.05, 4.69) is 9.51 Å². The Balaban J connectivity index is 1.49. The average Bonchev–Trinajstić information content (AvgIpc) is 3.12. The van der Waals surface area contributed by atoms with Crippen LogP contribution in [0.2, 0.25) is 0 Å². The van der Waals surface area contributed by atoms with Crippen molar-refractivity contribution >= 4 is 25.7 Å². The van der Waals surface area contributed by atoms with Crippen molar-refractivity contribution in [1.82, 2.24) is 9.88 Å². The Labute approximate surface area is 194 Å². The first-order valence-corrected chi connectivity index (χ1v) is 11.9. The fraction of sp³-hybridized carbons (Fsp3) is 0.381. The second-order valence-corrected chi connectivity index (χ2v) is 9.41. The zero-order chi connectivity index (χ0) is 24.6. The lowest BCUT2D eigenvalue weighted by Gasteiger charge is -2.31. The first kappa shape index (κ1) is 24.0. The predicted octanol–water partition coefficient (Wildman–Crippen LogP) is 2.66. The van der Waals surface area contributed by atoms with Crippen LogP contribution in [0.3, 0.4) is 0 Å². The van der Waals surface area contributed by atoms with Crippen LogP contribution in [-0.4, -0.2) is 75.9 Å². The summed E-state index contributed by atoms with van der Waals surface area (Å²) in [6.45, 7) is 1.84. The molecule has 2 aliphatic heterocycles. The van der Waals surface area contributed by atoms with Gasteiger partial charge in [-0.3, -0.25) is 14.4 Å². The lowest BCUT2D eigenvalue weighted by Crippen LogP contribution is -2.45. The molecule has 12 nitrogen and oxygen atoms in total. The number of rotatable bonds is 7. The molecule has 3 heterocycles. The quantitative estimate of drug-likeness (QED) is 0.490. The molecular weight excluding hydrogens is 469 g/mol. The fourth-order valence-electron chi connectivity index (χ4n) is 3.97. The molecule has 1 unspecified atom stereocenters. The number of hydrogen-bond acceptors (Lipinski definition) is 7. The van der Waals surface area contributed by atoms with E-state index in [4.69, 9.17) is 24.4 Å². The van der Waals surface area contributed by atoms with Crippen LogP contribution in [0.5, 0.6) is 5.75 Å². The molecule has 2 amide bonds. The molecule has 1 saturated heterocycles. The smallest absolute Gasteiger partial charge is 0.469 e. The Morgan fingerprint density at radius 2 is 2.06 bits per heavy atom. The van der Waals surface area contributed by atoms with E-state index >= 15 is 0 Å². The van der Waals surface area contributed by atoms with E-state index in [1.165, 1.54) is 16.8 Å². The van der Waals surface area contributed by atoms with Crippen LogP contribution < -0.4 is 9.64 Å². The van der Waals surface area contributed by atoms with Crippen LogP contribution in [-0.2, 0) is 13.8 Å². The van der Waals surface area contributed by atoms with Gasteiger partial charge >= 0.3 is 20.0 Å². The van der Waals surface area contributed by atoms with E-state index in [1.807, 2.05) is 19.1 Å². The minimum Gasteiger partial charge on any atom is -0.489 e. The minimum absolute atomic E-state index is 0.0726. The summed E-state index contributed by atoms with van der Waals surface area (Å²) in [7, 11) is -3.19. The van der Waals surface area contributed by atoms with Crippen LogP contribution in [0.1, 0.15) is 18.5 Å². The van der Waals surface area contributed by atoms with E-state index in [-0.39, 0.29) is 12.5 Å². The molecule has 1 aromatic heterocycles. The summed E-state index contributed by atoms with van der Waals surface area (Å²) < 4.78 is 26.6. The molecule has 0 aliphatic carbocycles. The molecule has 13 heteroatoms. The maximum atomic E-state index is 12.4. The lowest BCUT2D eigenvalue weighted by molar-refractivity contribution is 0.0676. The first-order chi connectivity index (χ1) is 16.0. The molecule has 1 aromatic carbocycles. The Hall–Kier alpha value is -3.18. The SMILES string of the molecule is CC(CN(C)C(=O)O)c1ccc(-c2ccc3c(c2)OC[C@H]2[C@H](COP(=O)(O)O)OC(=O)N32)cn1. The van der Waals surface area contributed by atoms with Gasteiger partial charge in [-0.2, -0.15) is 0 Å². The number of pyridine rings is 1. The number of phosphoric ester groups is 1. The lowest BCUT2D eigenvalue weighted by atomic mass is 10.0. The standard InChI is InChI=1S/C21H24N3O9P/c1-12(9-23(2)20(25)26)15-5-3-14(8-22-15)13-4-6-16-18(7-13)31-10-17-19(11-32-34(28,29)30)33-21(27)24(16)17/h3-8,12,17,19H,9-11H2,1-2H3,(H,25,26)(H2,28,29,30)/t12?,17-,19-/m0/s1. The number of phosphoric acid groups is 1. The summed E-state index contributed by atoms with van der Waals surface area (Å²) in [5.74, 6) is 0.380. The molecule has 1 fully saturated rings. The van der Waals surface area contributed by atoms with Crippen molar-refractivity contribution in [1.29, 1.82) is 0 Å². The minimum atomic E-state index is -4.70. The van der Waals surface area contributed by atoms with Crippen molar-refractivity contribution in [2.45, 2.75) is 25.0 Å². The number of aromatic nitrogens is 1. The molecule has 4 rings (SSSR count). The third kappa shape index (κ3) is 5.00. The second kappa shape index (κ2) is 9.22. The first-order valence-electron chi connectivity index (χ1n) is 10.4. The van der Waals surface area contributed by atoms with Crippen molar-refractivity contribution in [3.63, 3.8) is 0 Å². The number of cyclic esters (lactones) is 1. The van der Waals surface area contributed by atoms with Gasteiger partial charge in [-0.15, -0.1) is 0 Å². The Morgan fingerprint density at radius 1 is 1.32 bits per heavy atom. The zero-order valence-corrected chi connectivity index (χ0v) is 19.3. The van der Waals surface area contributed by atoms with Crippen LogP contribution in [0.25, 0.3) is 11.1 Å². The second-order valence-electron chi connectivity index (χ2n) is 8.18. The van der Waals surface area contributed by atoms with Gasteiger partial charge in [0.25, 0.3) is 0 Å². The van der Waals surface area contributed by atoms with E-state index in [0.717, 1.165) is 16.8 Å². The number of carbonyl (C=O) groups excluding carboxylic acids is 1. The number of anilines is 1. The molecule has 3 atom stereocenters. The molecule has 0 bridgehead atoms. The Kier molecular flexibility index (Phi) is 6.50. The topological polar surface area (TPSA) is 159 Å². The van der Waals surface area contributed by atoms with E-state index in [1.54, 1.807) is 24.4 Å². The number of carboxylic acid groups (broad SMARTS) is 1. The van der Waals surface area contributed by atoms with Gasteiger partial charge in [0.05, 0.1) is 12.3 Å². The molecule has 0 spiro atoms. The highest BCUT2D eigenvalue weighted by Crippen LogP contribution is 2.42. The molecule has 34 heavy (non-hydrogen) atoms. The van der Waals surface area contributed by atoms with Crippen molar-refractivity contribution in [3.8, 4) is 16.9 Å². The number of likely N-dealkylation sites (N-methyl/N-ethyl adjacent to an activating group) is 1. The fourth-order valence-corrected chi connectivity index (χ4v) is 4.32. The van der Waals surface area contributed by atoms with Gasteiger partial charge in [-0.1, -0.05) is 19.1 Å². The summed E-state index contributed by atoms with van der Waals surface area (Å²) in [5.41, 5.74) is 2.87. The third-order valence-corrected chi connectivity index (χ3v) is 6.23. The van der Waals surface area contributed by atoms with Crippen molar-refractivity contribution < 1.29 is 43.0 Å². The van der Waals surface area contributed by atoms with Gasteiger partial charge in [-0.25, -0.2) is 14.2 Å². The van der Waals surface area contributed by atoms with Crippen molar-refractivity contribution in [3.05, 3.63) is 42.2 Å². The summed E-state index contributed by atoms with van der Waals surface area (Å²) in [4.78, 5) is 48.4. The zero-order valence-electron chi connectivity index (χ0n) is 18.4. The summed E-state index contributed by atoms with van der Waals surface area (Å²) in [6, 6.07) is 8.43. The predicted molar refractivity (Wildman–Crippen MR) is 119 cm³/mol. The molecular formula is C21H24N3O9P. The molecule has 2 aromatic rings. The molecule has 3 N–H and O–H groups in total. The molecule has 182 valence electrons. The maximum Gasteiger partial charge on any atom is 0.469 e. The maximum absolute atomic E-state index is 12.4. The molecule has 0 saturated carbocycles. The van der Waals surface area contributed by atoms with Crippen LogP contribution in [0.15, 0.2) is 36.5 Å². The highest BCUT2D eigenvalue weighted by Gasteiger charge is 2.47. The van der Waals surface area contributed by atoms with Crippen molar-refractivity contribution in [2.75, 3.05) is 31.7 Å². The Morgan fingerprint density at radius 3 is 2.71 bits per heavy atom. The third-order valence-electron chi connectivity index (χ3n) is 5.74. The van der Waals surface area contributed by atoms with Gasteiger partial charge in [0, 0.05) is 37.0 Å². The monoisotopic (exact) mass is 493 g/mol. The number of ether oxygens (including phenoxy) is 2. The summed E-state index contributed by atoms with van der Waals surface area (Å²) in [5, 5.41) is 9.04. The Bertz CT molecular complexity index is 1140. The number of carbonyl (C=O) groups is 2. The summed E-state index contributed by atoms with van der Waals surface area (Å²) in [6.07, 6.45) is -0.832. The largest absolute Gasteiger partial charge is 0.489 e. The van der Waals surface area contributed by atoms with E-state index in [9.17, 15) is 14.2 Å². The average molecular weight is 493 g/mol. The van der Waals surface area contributed by atoms with Crippen LogP contribution in [0, 0.1) is 0 Å². The highest BCUT2D eigenvalue weighted by molar-refractivity contribution is 7.46. The molecule has 2 aliphatic rings. The molecule has 0 radical (unpaired) electrons. The number of nitrogens with zero attached hydrogens (tertiary/aromatic N) is 3. The number of fused-ring (bicyclic) bond motifs is 3. The van der Waals surface area contributed by atoms with Crippen LogP contribution >= 0.6 is 7.82 Å². The van der Waals surface area contributed by atoms with Gasteiger partial charge in [-0.05, 0) is 23.8 Å². The van der Waals surface area contributed by atoms with Crippen molar-refractivity contribution in [2.24, 2.45) is 0 Å². The summed E-state index contributed by atoms with van der Waals surface area (Å²) >= 11 is 0. The van der Waals surface area contributed by atoms with E-state index < -0.39 is 38.8 Å². The van der Waals surface area contributed by atoms with Gasteiger partial charge in [0.15, 0.2) is 6.10 Å². The highest BCUT2D eigenvalue weighted by atomic mass is 31.2. The van der Waals surface area contributed by atoms with Gasteiger partial charge in [0.2, 0.25) is 0 Å². The number of hydrogen-bond donors (Lipinski definition) is 3. The normalized spacial score (nSPS) is 20.1. The number of amides is 2.